The van der Waals surface area contributed by atoms with Gasteiger partial charge in [-0.1, -0.05) is 135 Å². The number of hydrogen-bond acceptors (Lipinski definition) is 3. The first-order valence-electron chi connectivity index (χ1n) is 20.0. The van der Waals surface area contributed by atoms with Crippen LogP contribution >= 0.6 is 0 Å². The fourth-order valence-corrected chi connectivity index (χ4v) is 9.63. The monoisotopic (exact) mass is 743 g/mol. The van der Waals surface area contributed by atoms with E-state index in [0.29, 0.717) is 0 Å². The van der Waals surface area contributed by atoms with E-state index >= 15 is 0 Å². The van der Waals surface area contributed by atoms with Crippen molar-refractivity contribution in [3.63, 3.8) is 0 Å². The molecule has 0 aliphatic heterocycles. The zero-order valence-corrected chi connectivity index (χ0v) is 32.2. The number of benzene rings is 9. The molecular formula is C55H37NO2. The molecule has 11 aromatic rings. The zero-order valence-electron chi connectivity index (χ0n) is 32.2. The second-order valence-electron chi connectivity index (χ2n) is 16.1. The molecule has 274 valence electrons. The van der Waals surface area contributed by atoms with Gasteiger partial charge in [0.2, 0.25) is 0 Å². The Kier molecular flexibility index (Phi) is 6.98. The third-order valence-electron chi connectivity index (χ3n) is 12.4. The minimum Gasteiger partial charge on any atom is -0.456 e. The van der Waals surface area contributed by atoms with Gasteiger partial charge in [-0.25, -0.2) is 0 Å². The maximum absolute atomic E-state index is 6.31. The zero-order chi connectivity index (χ0) is 38.5. The molecule has 2 aromatic heterocycles. The van der Waals surface area contributed by atoms with Crippen LogP contribution in [-0.2, 0) is 5.41 Å². The van der Waals surface area contributed by atoms with Gasteiger partial charge in [0.25, 0.3) is 0 Å². The summed E-state index contributed by atoms with van der Waals surface area (Å²) in [5.74, 6) is 0. The molecule has 0 atom stereocenters. The second-order valence-corrected chi connectivity index (χ2v) is 16.1. The Bertz CT molecular complexity index is 3450. The average molecular weight is 744 g/mol. The summed E-state index contributed by atoms with van der Waals surface area (Å²) in [4.78, 5) is 2.44. The number of fused-ring (bicyclic) bond motifs is 11. The molecule has 1 aliphatic carbocycles. The molecule has 2 heterocycles. The predicted molar refractivity (Wildman–Crippen MR) is 242 cm³/mol. The van der Waals surface area contributed by atoms with Crippen molar-refractivity contribution < 1.29 is 8.83 Å². The average Bonchev–Trinajstić information content (AvgIpc) is 3.92. The molecular weight excluding hydrogens is 707 g/mol. The van der Waals surface area contributed by atoms with E-state index in [4.69, 9.17) is 8.83 Å². The van der Waals surface area contributed by atoms with E-state index < -0.39 is 0 Å². The summed E-state index contributed by atoms with van der Waals surface area (Å²) in [6.45, 7) is 4.69. The Balaban J connectivity index is 1.02. The molecule has 0 radical (unpaired) electrons. The van der Waals surface area contributed by atoms with Crippen molar-refractivity contribution in [3.05, 3.63) is 199 Å². The van der Waals surface area contributed by atoms with Crippen LogP contribution in [0, 0.1) is 0 Å². The molecule has 0 saturated heterocycles. The number of hydrogen-bond donors (Lipinski definition) is 0. The summed E-state index contributed by atoms with van der Waals surface area (Å²) in [6.07, 6.45) is 0. The Morgan fingerprint density at radius 2 is 1.00 bits per heavy atom. The molecule has 0 amide bonds. The molecule has 0 saturated carbocycles. The molecule has 0 bridgehead atoms. The topological polar surface area (TPSA) is 29.5 Å². The summed E-state index contributed by atoms with van der Waals surface area (Å²) in [5.41, 5.74) is 16.7. The lowest BCUT2D eigenvalue weighted by Crippen LogP contribution is -2.16. The molecule has 3 heteroatoms. The van der Waals surface area contributed by atoms with Crippen LogP contribution in [0.2, 0.25) is 0 Å². The number of rotatable bonds is 5. The van der Waals surface area contributed by atoms with E-state index in [-0.39, 0.29) is 5.41 Å². The first-order valence-corrected chi connectivity index (χ1v) is 20.0. The highest BCUT2D eigenvalue weighted by Crippen LogP contribution is 2.54. The molecule has 0 spiro atoms. The molecule has 9 aromatic carbocycles. The lowest BCUT2D eigenvalue weighted by Gasteiger charge is -2.29. The SMILES string of the molecule is CC1(C)c2ccccc2-c2c(N(c3cccc(-c4cccc(-c5ccc6ccc7oc8ccccc8c7c6c5)c4)c3)c3ccc4oc5ccccc5c4c3)cccc21. The quantitative estimate of drug-likeness (QED) is 0.176. The number of nitrogens with zero attached hydrogens (tertiary/aromatic N) is 1. The van der Waals surface area contributed by atoms with Gasteiger partial charge < -0.3 is 13.7 Å². The second kappa shape index (κ2) is 12.3. The van der Waals surface area contributed by atoms with Gasteiger partial charge in [-0.05, 0) is 116 Å². The molecule has 12 rings (SSSR count). The molecule has 0 fully saturated rings. The Labute approximate surface area is 336 Å². The molecule has 0 unspecified atom stereocenters. The first kappa shape index (κ1) is 32.8. The van der Waals surface area contributed by atoms with Crippen LogP contribution in [0.5, 0.6) is 0 Å². The number of anilines is 3. The van der Waals surface area contributed by atoms with Crippen LogP contribution in [0.25, 0.3) is 88.0 Å². The highest BCUT2D eigenvalue weighted by Gasteiger charge is 2.37. The van der Waals surface area contributed by atoms with Gasteiger partial charge in [-0.15, -0.1) is 0 Å². The molecule has 3 nitrogen and oxygen atoms in total. The van der Waals surface area contributed by atoms with Crippen LogP contribution in [0.1, 0.15) is 25.0 Å². The van der Waals surface area contributed by atoms with Crippen LogP contribution < -0.4 is 4.90 Å². The predicted octanol–water partition coefficient (Wildman–Crippen LogP) is 15.7. The summed E-state index contributed by atoms with van der Waals surface area (Å²) < 4.78 is 12.6. The third kappa shape index (κ3) is 4.86. The van der Waals surface area contributed by atoms with Crippen LogP contribution in [0.3, 0.4) is 0 Å². The van der Waals surface area contributed by atoms with Crippen molar-refractivity contribution in [2.75, 3.05) is 4.90 Å². The van der Waals surface area contributed by atoms with Crippen molar-refractivity contribution in [1.82, 2.24) is 0 Å². The van der Waals surface area contributed by atoms with Crippen LogP contribution in [0.15, 0.2) is 197 Å². The van der Waals surface area contributed by atoms with Gasteiger partial charge in [-0.2, -0.15) is 0 Å². The highest BCUT2D eigenvalue weighted by atomic mass is 16.3. The van der Waals surface area contributed by atoms with Crippen LogP contribution in [-0.4, -0.2) is 0 Å². The summed E-state index contributed by atoms with van der Waals surface area (Å²) >= 11 is 0. The van der Waals surface area contributed by atoms with E-state index in [1.807, 2.05) is 24.3 Å². The fraction of sp³-hybridized carbons (Fsp3) is 0.0545. The van der Waals surface area contributed by atoms with E-state index in [2.05, 4.69) is 183 Å². The van der Waals surface area contributed by atoms with Crippen molar-refractivity contribution in [2.45, 2.75) is 19.3 Å². The highest BCUT2D eigenvalue weighted by molar-refractivity contribution is 6.19. The number of para-hydroxylation sites is 2. The fourth-order valence-electron chi connectivity index (χ4n) is 9.63. The maximum atomic E-state index is 6.31. The lowest BCUT2D eigenvalue weighted by atomic mass is 9.82. The van der Waals surface area contributed by atoms with Gasteiger partial charge in [0.05, 0.1) is 5.69 Å². The lowest BCUT2D eigenvalue weighted by molar-refractivity contribution is 0.660. The minimum absolute atomic E-state index is 0.125. The summed E-state index contributed by atoms with van der Waals surface area (Å²) in [7, 11) is 0. The Hall–Kier alpha value is -7.36. The molecule has 58 heavy (non-hydrogen) atoms. The standard InChI is InChI=1S/C55H37NO2/c1-55(2)46-19-6-3-17-42(46)54-47(55)20-11-21-48(54)56(40-27-29-51-45(33-40)41-16-4-7-22-49(41)57-51)39-15-10-14-37(31-39)35-12-9-13-36(30-35)38-25-24-34-26-28-52-53(44(34)32-38)43-18-5-8-23-50(43)58-52/h3-33H,1-2H3. The number of furan rings is 2. The molecule has 0 N–H and O–H groups in total. The smallest absolute Gasteiger partial charge is 0.136 e. The van der Waals surface area contributed by atoms with E-state index in [1.54, 1.807) is 0 Å². The Morgan fingerprint density at radius 1 is 0.397 bits per heavy atom. The largest absolute Gasteiger partial charge is 0.456 e. The normalized spacial score (nSPS) is 13.1. The summed E-state index contributed by atoms with van der Waals surface area (Å²) in [6, 6.07) is 67.9. The van der Waals surface area contributed by atoms with Crippen molar-refractivity contribution in [3.8, 4) is 33.4 Å². The van der Waals surface area contributed by atoms with E-state index in [1.165, 1.54) is 49.5 Å². The van der Waals surface area contributed by atoms with Gasteiger partial charge in [0.15, 0.2) is 0 Å². The van der Waals surface area contributed by atoms with Crippen molar-refractivity contribution >= 4 is 71.7 Å². The minimum atomic E-state index is -0.125. The van der Waals surface area contributed by atoms with Gasteiger partial charge >= 0.3 is 0 Å². The van der Waals surface area contributed by atoms with Crippen molar-refractivity contribution in [1.29, 1.82) is 0 Å². The van der Waals surface area contributed by atoms with Crippen molar-refractivity contribution in [2.24, 2.45) is 0 Å². The van der Waals surface area contributed by atoms with Crippen LogP contribution in [0.4, 0.5) is 17.1 Å². The maximum Gasteiger partial charge on any atom is 0.136 e. The van der Waals surface area contributed by atoms with E-state index in [0.717, 1.165) is 66.7 Å². The first-order chi connectivity index (χ1) is 28.5. The van der Waals surface area contributed by atoms with Gasteiger partial charge in [0.1, 0.15) is 22.3 Å². The molecule has 1 aliphatic rings. The van der Waals surface area contributed by atoms with Gasteiger partial charge in [0, 0.05) is 43.9 Å². The Morgan fingerprint density at radius 3 is 1.86 bits per heavy atom. The van der Waals surface area contributed by atoms with E-state index in [9.17, 15) is 0 Å². The summed E-state index contributed by atoms with van der Waals surface area (Å²) in [5, 5.41) is 6.93. The third-order valence-corrected chi connectivity index (χ3v) is 12.4. The van der Waals surface area contributed by atoms with Gasteiger partial charge in [-0.3, -0.25) is 0 Å².